The molecule has 6 nitrogen and oxygen atoms in total. The van der Waals surface area contributed by atoms with E-state index in [1.807, 2.05) is 18.0 Å². The lowest BCUT2D eigenvalue weighted by Gasteiger charge is -2.37. The lowest BCUT2D eigenvalue weighted by molar-refractivity contribution is 0.0454. The van der Waals surface area contributed by atoms with Crippen molar-refractivity contribution in [2.24, 2.45) is 5.92 Å². The van der Waals surface area contributed by atoms with Gasteiger partial charge >= 0.3 is 0 Å². The smallest absolute Gasteiger partial charge is 0.131 e. The Labute approximate surface area is 179 Å². The molecule has 162 valence electrons. The van der Waals surface area contributed by atoms with Crippen LogP contribution in [0.25, 0.3) is 0 Å². The van der Waals surface area contributed by atoms with E-state index in [9.17, 15) is 0 Å². The zero-order valence-corrected chi connectivity index (χ0v) is 18.3. The van der Waals surface area contributed by atoms with Crippen molar-refractivity contribution >= 4 is 11.8 Å². The predicted octanol–water partition coefficient (Wildman–Crippen LogP) is 2.72. The Hall–Kier alpha value is -0.830. The zero-order valence-electron chi connectivity index (χ0n) is 17.5. The summed E-state index contributed by atoms with van der Waals surface area (Å²) in [6.45, 7) is 1.82. The van der Waals surface area contributed by atoms with E-state index in [4.69, 9.17) is 9.47 Å². The Morgan fingerprint density at radius 1 is 1.17 bits per heavy atom. The van der Waals surface area contributed by atoms with Crippen LogP contribution in [0.1, 0.15) is 38.5 Å². The molecule has 2 aliphatic heterocycles. The monoisotopic (exact) mass is 420 g/mol. The highest BCUT2D eigenvalue weighted by atomic mass is 32.2. The number of methoxy groups -OCH3 is 1. The molecule has 1 saturated heterocycles. The third-order valence-electron chi connectivity index (χ3n) is 6.32. The van der Waals surface area contributed by atoms with Crippen LogP contribution in [0.3, 0.4) is 0 Å². The van der Waals surface area contributed by atoms with Gasteiger partial charge in [-0.3, -0.25) is 4.90 Å². The summed E-state index contributed by atoms with van der Waals surface area (Å²) in [5.41, 5.74) is 7.32. The van der Waals surface area contributed by atoms with Gasteiger partial charge in [0.1, 0.15) is 17.8 Å². The first-order valence-electron chi connectivity index (χ1n) is 11.1. The highest BCUT2D eigenvalue weighted by molar-refractivity contribution is 7.99. The summed E-state index contributed by atoms with van der Waals surface area (Å²) in [5.74, 6) is 1.56. The van der Waals surface area contributed by atoms with Gasteiger partial charge in [-0.1, -0.05) is 24.3 Å². The molecular weight excluding hydrogens is 384 g/mol. The average molecular weight is 421 g/mol. The van der Waals surface area contributed by atoms with E-state index in [0.29, 0.717) is 18.0 Å². The highest BCUT2D eigenvalue weighted by Gasteiger charge is 2.42. The molecule has 3 N–H and O–H groups in total. The minimum atomic E-state index is 0.186. The Balaban J connectivity index is 1.29. The van der Waals surface area contributed by atoms with Gasteiger partial charge in [0.15, 0.2) is 0 Å². The van der Waals surface area contributed by atoms with Gasteiger partial charge in [-0.25, -0.2) is 10.9 Å². The van der Waals surface area contributed by atoms with Crippen molar-refractivity contribution in [3.8, 4) is 0 Å². The Kier molecular flexibility index (Phi) is 8.10. The Morgan fingerprint density at radius 3 is 2.90 bits per heavy atom. The fraction of sp³-hybridized carbons (Fsp3) is 0.727. The second-order valence-corrected chi connectivity index (χ2v) is 9.49. The molecule has 6 atom stereocenters. The lowest BCUT2D eigenvalue weighted by Crippen LogP contribution is -2.51. The molecule has 0 aromatic rings. The van der Waals surface area contributed by atoms with Crippen LogP contribution in [-0.2, 0) is 9.47 Å². The molecule has 6 unspecified atom stereocenters. The average Bonchev–Trinajstić information content (AvgIpc) is 3.43. The van der Waals surface area contributed by atoms with Crippen molar-refractivity contribution in [1.82, 2.24) is 21.1 Å². The van der Waals surface area contributed by atoms with Crippen LogP contribution in [0.2, 0.25) is 0 Å². The van der Waals surface area contributed by atoms with Gasteiger partial charge in [-0.2, -0.15) is 0 Å². The molecule has 4 aliphatic rings. The van der Waals surface area contributed by atoms with E-state index in [2.05, 4.69) is 51.4 Å². The van der Waals surface area contributed by atoms with E-state index in [1.54, 1.807) is 7.11 Å². The summed E-state index contributed by atoms with van der Waals surface area (Å²) in [6, 6.07) is 0.999. The largest absolute Gasteiger partial charge is 0.495 e. The molecule has 0 bridgehead atoms. The van der Waals surface area contributed by atoms with E-state index in [1.165, 1.54) is 25.7 Å². The summed E-state index contributed by atoms with van der Waals surface area (Å²) < 4.78 is 11.3. The summed E-state index contributed by atoms with van der Waals surface area (Å²) in [4.78, 5) is 2.59. The minimum absolute atomic E-state index is 0.186. The minimum Gasteiger partial charge on any atom is -0.495 e. The van der Waals surface area contributed by atoms with Crippen molar-refractivity contribution in [2.75, 3.05) is 26.0 Å². The number of rotatable bonds is 9. The number of nitrogens with one attached hydrogen (secondary N) is 3. The fourth-order valence-electron chi connectivity index (χ4n) is 4.82. The van der Waals surface area contributed by atoms with Gasteiger partial charge in [-0.15, -0.1) is 11.8 Å². The molecule has 0 radical (unpaired) electrons. The number of ether oxygens (including phenoxy) is 2. The van der Waals surface area contributed by atoms with Crippen molar-refractivity contribution in [3.05, 3.63) is 36.6 Å². The van der Waals surface area contributed by atoms with Gasteiger partial charge in [0.25, 0.3) is 0 Å². The van der Waals surface area contributed by atoms with Crippen molar-refractivity contribution in [3.63, 3.8) is 0 Å². The van der Waals surface area contributed by atoms with E-state index < -0.39 is 0 Å². The van der Waals surface area contributed by atoms with Crippen LogP contribution in [0.4, 0.5) is 0 Å². The van der Waals surface area contributed by atoms with Crippen LogP contribution < -0.4 is 16.2 Å². The standard InChI is InChI=1S/C22H36N4O2S/c1-27-16-17-8-5-6-11-19(17)23-13-15-29-22-25-24-21(20-12-7-14-28-20)26(22)18-9-3-2-4-10-18/h3,5,7-9,14,17-25H,2,4,6,10-13,15-16H2,1H3. The zero-order chi connectivity index (χ0) is 19.9. The maximum absolute atomic E-state index is 5.86. The molecule has 0 amide bonds. The molecule has 7 heteroatoms. The third kappa shape index (κ3) is 5.46. The first-order valence-corrected chi connectivity index (χ1v) is 12.2. The number of hydrogen-bond acceptors (Lipinski definition) is 7. The Morgan fingerprint density at radius 2 is 2.10 bits per heavy atom. The predicted molar refractivity (Wildman–Crippen MR) is 119 cm³/mol. The van der Waals surface area contributed by atoms with Crippen LogP contribution in [0.5, 0.6) is 0 Å². The normalized spacial score (nSPS) is 37.3. The summed E-state index contributed by atoms with van der Waals surface area (Å²) >= 11 is 1.98. The topological polar surface area (TPSA) is 57.8 Å². The third-order valence-corrected chi connectivity index (χ3v) is 7.43. The lowest BCUT2D eigenvalue weighted by atomic mass is 9.91. The van der Waals surface area contributed by atoms with E-state index in [-0.39, 0.29) is 17.8 Å². The fourth-order valence-corrected chi connectivity index (χ4v) is 5.89. The summed E-state index contributed by atoms with van der Waals surface area (Å²) in [5, 5.41) is 3.77. The van der Waals surface area contributed by atoms with Crippen molar-refractivity contribution in [2.45, 2.75) is 68.4 Å². The van der Waals surface area contributed by atoms with E-state index in [0.717, 1.165) is 31.7 Å². The van der Waals surface area contributed by atoms with Gasteiger partial charge < -0.3 is 14.8 Å². The molecule has 2 heterocycles. The second kappa shape index (κ2) is 11.0. The van der Waals surface area contributed by atoms with E-state index >= 15 is 0 Å². The number of nitrogens with zero attached hydrogens (tertiary/aromatic N) is 1. The summed E-state index contributed by atoms with van der Waals surface area (Å²) in [6.07, 6.45) is 20.7. The van der Waals surface area contributed by atoms with Crippen LogP contribution in [-0.4, -0.2) is 60.8 Å². The summed E-state index contributed by atoms with van der Waals surface area (Å²) in [7, 11) is 1.79. The number of hydrogen-bond donors (Lipinski definition) is 3. The first kappa shape index (κ1) is 21.4. The molecule has 4 rings (SSSR count). The van der Waals surface area contributed by atoms with Gasteiger partial charge in [0.2, 0.25) is 0 Å². The molecule has 0 spiro atoms. The van der Waals surface area contributed by atoms with Gasteiger partial charge in [0, 0.05) is 43.8 Å². The SMILES string of the molecule is COCC1C=CCCC1NCCSC1NNC(C2CC=CO2)N1C1C=CCCC1. The second-order valence-electron chi connectivity index (χ2n) is 8.30. The van der Waals surface area contributed by atoms with Gasteiger partial charge in [0.05, 0.1) is 12.9 Å². The van der Waals surface area contributed by atoms with Gasteiger partial charge in [-0.05, 0) is 38.2 Å². The number of allylic oxidation sites excluding steroid dienone is 2. The first-order chi connectivity index (χ1) is 14.4. The van der Waals surface area contributed by atoms with Crippen LogP contribution >= 0.6 is 11.8 Å². The molecule has 2 aliphatic carbocycles. The maximum Gasteiger partial charge on any atom is 0.131 e. The molecule has 0 aromatic carbocycles. The van der Waals surface area contributed by atoms with Crippen LogP contribution in [0.15, 0.2) is 36.6 Å². The van der Waals surface area contributed by atoms with Crippen molar-refractivity contribution < 1.29 is 9.47 Å². The number of hydrazine groups is 1. The molecule has 1 fully saturated rings. The van der Waals surface area contributed by atoms with Crippen LogP contribution in [0, 0.1) is 5.92 Å². The number of thioether (sulfide) groups is 1. The van der Waals surface area contributed by atoms with Crippen molar-refractivity contribution in [1.29, 1.82) is 0 Å². The Bertz CT molecular complexity index is 591. The maximum atomic E-state index is 5.86. The quantitative estimate of drug-likeness (QED) is 0.392. The highest BCUT2D eigenvalue weighted by Crippen LogP contribution is 2.31. The molecule has 29 heavy (non-hydrogen) atoms. The molecule has 0 saturated carbocycles. The molecular formula is C22H36N4O2S. The molecule has 0 aromatic heterocycles.